The molecule has 1 aromatic carbocycles. The SMILES string of the molecule is CCc1cc(CC(=O)O)ccc1OC(F)(F)F. The number of halogens is 3. The third-order valence-electron chi connectivity index (χ3n) is 2.09. The molecule has 0 aliphatic carbocycles. The number of ether oxygens (including phenoxy) is 1. The van der Waals surface area contributed by atoms with Crippen LogP contribution < -0.4 is 4.74 Å². The van der Waals surface area contributed by atoms with Gasteiger partial charge in [0.25, 0.3) is 0 Å². The Balaban J connectivity index is 2.97. The highest BCUT2D eigenvalue weighted by atomic mass is 19.4. The fraction of sp³-hybridized carbons (Fsp3) is 0.364. The van der Waals surface area contributed by atoms with Crippen LogP contribution >= 0.6 is 0 Å². The zero-order valence-corrected chi connectivity index (χ0v) is 9.04. The molecule has 0 aliphatic heterocycles. The van der Waals surface area contributed by atoms with Crippen LogP contribution in [0.15, 0.2) is 18.2 Å². The number of hydrogen-bond acceptors (Lipinski definition) is 2. The lowest BCUT2D eigenvalue weighted by Crippen LogP contribution is -2.18. The Bertz CT molecular complexity index is 413. The van der Waals surface area contributed by atoms with Crippen molar-refractivity contribution in [2.24, 2.45) is 0 Å². The highest BCUT2D eigenvalue weighted by molar-refractivity contribution is 5.70. The van der Waals surface area contributed by atoms with Crippen molar-refractivity contribution in [3.05, 3.63) is 29.3 Å². The van der Waals surface area contributed by atoms with Crippen molar-refractivity contribution in [1.82, 2.24) is 0 Å². The molecule has 0 fully saturated rings. The first-order chi connectivity index (χ1) is 7.81. The van der Waals surface area contributed by atoms with E-state index in [0.29, 0.717) is 17.5 Å². The summed E-state index contributed by atoms with van der Waals surface area (Å²) < 4.78 is 40.0. The van der Waals surface area contributed by atoms with E-state index < -0.39 is 12.3 Å². The van der Waals surface area contributed by atoms with E-state index >= 15 is 0 Å². The number of aliphatic carboxylic acids is 1. The average molecular weight is 248 g/mol. The zero-order valence-electron chi connectivity index (χ0n) is 9.04. The Morgan fingerprint density at radius 2 is 2.06 bits per heavy atom. The topological polar surface area (TPSA) is 46.5 Å². The van der Waals surface area contributed by atoms with Crippen LogP contribution in [0.1, 0.15) is 18.1 Å². The number of carbonyl (C=O) groups is 1. The number of carboxylic acids is 1. The van der Waals surface area contributed by atoms with Gasteiger partial charge in [-0.2, -0.15) is 0 Å². The van der Waals surface area contributed by atoms with Crippen molar-refractivity contribution >= 4 is 5.97 Å². The van der Waals surface area contributed by atoms with Crippen LogP contribution in [0.5, 0.6) is 5.75 Å². The molecule has 3 nitrogen and oxygen atoms in total. The Hall–Kier alpha value is -1.72. The molecule has 6 heteroatoms. The highest BCUT2D eigenvalue weighted by Crippen LogP contribution is 2.27. The third kappa shape index (κ3) is 4.34. The lowest BCUT2D eigenvalue weighted by atomic mass is 10.1. The summed E-state index contributed by atoms with van der Waals surface area (Å²) >= 11 is 0. The molecule has 17 heavy (non-hydrogen) atoms. The Morgan fingerprint density at radius 1 is 1.41 bits per heavy atom. The lowest BCUT2D eigenvalue weighted by molar-refractivity contribution is -0.274. The van der Waals surface area contributed by atoms with Gasteiger partial charge in [0.15, 0.2) is 0 Å². The van der Waals surface area contributed by atoms with Crippen LogP contribution in [-0.2, 0) is 17.6 Å². The van der Waals surface area contributed by atoms with Gasteiger partial charge in [0.2, 0.25) is 0 Å². The Kier molecular flexibility index (Phi) is 3.98. The van der Waals surface area contributed by atoms with Crippen molar-refractivity contribution in [2.75, 3.05) is 0 Å². The van der Waals surface area contributed by atoms with Gasteiger partial charge in [-0.15, -0.1) is 13.2 Å². The zero-order chi connectivity index (χ0) is 13.1. The summed E-state index contributed by atoms with van der Waals surface area (Å²) in [6, 6.07) is 3.87. The number of benzene rings is 1. The highest BCUT2D eigenvalue weighted by Gasteiger charge is 2.31. The van der Waals surface area contributed by atoms with Crippen LogP contribution in [0.3, 0.4) is 0 Å². The van der Waals surface area contributed by atoms with E-state index in [-0.39, 0.29) is 12.2 Å². The monoisotopic (exact) mass is 248 g/mol. The summed E-state index contributed by atoms with van der Waals surface area (Å²) in [5.74, 6) is -1.31. The second-order valence-corrected chi connectivity index (χ2v) is 3.41. The normalized spacial score (nSPS) is 11.3. The first kappa shape index (κ1) is 13.3. The molecule has 1 rings (SSSR count). The molecule has 1 N–H and O–H groups in total. The molecular weight excluding hydrogens is 237 g/mol. The van der Waals surface area contributed by atoms with Crippen molar-refractivity contribution in [2.45, 2.75) is 26.1 Å². The quantitative estimate of drug-likeness (QED) is 0.891. The minimum Gasteiger partial charge on any atom is -0.481 e. The molecule has 94 valence electrons. The minimum absolute atomic E-state index is 0.223. The number of rotatable bonds is 4. The Morgan fingerprint density at radius 3 is 2.53 bits per heavy atom. The summed E-state index contributed by atoms with van der Waals surface area (Å²) in [7, 11) is 0. The second kappa shape index (κ2) is 5.07. The molecule has 0 aliphatic rings. The smallest absolute Gasteiger partial charge is 0.481 e. The van der Waals surface area contributed by atoms with Gasteiger partial charge < -0.3 is 9.84 Å². The van der Waals surface area contributed by atoms with Gasteiger partial charge in [0, 0.05) is 0 Å². The van der Waals surface area contributed by atoms with Gasteiger partial charge in [0.1, 0.15) is 5.75 Å². The number of hydrogen-bond donors (Lipinski definition) is 1. The molecule has 0 aromatic heterocycles. The van der Waals surface area contributed by atoms with Crippen LogP contribution in [0.2, 0.25) is 0 Å². The predicted octanol–water partition coefficient (Wildman–Crippen LogP) is 2.77. The van der Waals surface area contributed by atoms with E-state index in [4.69, 9.17) is 5.11 Å². The second-order valence-electron chi connectivity index (χ2n) is 3.41. The summed E-state index contributed by atoms with van der Waals surface area (Å²) in [4.78, 5) is 10.5. The van der Waals surface area contributed by atoms with Gasteiger partial charge in [0.05, 0.1) is 6.42 Å². The minimum atomic E-state index is -4.74. The fourth-order valence-corrected chi connectivity index (χ4v) is 1.42. The molecule has 1 aromatic rings. The van der Waals surface area contributed by atoms with Gasteiger partial charge in [-0.1, -0.05) is 19.1 Å². The molecule has 0 radical (unpaired) electrons. The van der Waals surface area contributed by atoms with Crippen LogP contribution in [0.25, 0.3) is 0 Å². The first-order valence-electron chi connectivity index (χ1n) is 4.91. The summed E-state index contributed by atoms with van der Waals surface area (Å²) in [6.07, 6.45) is -4.63. The van der Waals surface area contributed by atoms with Crippen LogP contribution in [0, 0.1) is 0 Å². The summed E-state index contributed by atoms with van der Waals surface area (Å²) in [5.41, 5.74) is 0.782. The van der Waals surface area contributed by atoms with E-state index in [1.54, 1.807) is 6.92 Å². The standard InChI is InChI=1S/C11H11F3O3/c1-2-8-5-7(6-10(15)16)3-4-9(8)17-11(12,13)14/h3-5H,2,6H2,1H3,(H,15,16). The molecule has 0 amide bonds. The van der Waals surface area contributed by atoms with Crippen molar-refractivity contribution < 1.29 is 27.8 Å². The van der Waals surface area contributed by atoms with Gasteiger partial charge in [-0.05, 0) is 23.6 Å². The van der Waals surface area contributed by atoms with Crippen molar-refractivity contribution in [3.63, 3.8) is 0 Å². The molecule has 0 bridgehead atoms. The van der Waals surface area contributed by atoms with Crippen LogP contribution in [-0.4, -0.2) is 17.4 Å². The maximum Gasteiger partial charge on any atom is 0.573 e. The predicted molar refractivity (Wildman–Crippen MR) is 53.8 cm³/mol. The first-order valence-corrected chi connectivity index (χ1v) is 4.91. The molecule has 0 unspecified atom stereocenters. The van der Waals surface area contributed by atoms with Gasteiger partial charge in [-0.3, -0.25) is 4.79 Å². The molecule has 0 heterocycles. The Labute approximate surface area is 95.8 Å². The van der Waals surface area contributed by atoms with Crippen molar-refractivity contribution in [1.29, 1.82) is 0 Å². The van der Waals surface area contributed by atoms with E-state index in [1.165, 1.54) is 12.1 Å². The van der Waals surface area contributed by atoms with Crippen LogP contribution in [0.4, 0.5) is 13.2 Å². The van der Waals surface area contributed by atoms with E-state index in [2.05, 4.69) is 4.74 Å². The summed E-state index contributed by atoms with van der Waals surface area (Å²) in [6.45, 7) is 1.67. The van der Waals surface area contributed by atoms with Gasteiger partial charge in [-0.25, -0.2) is 0 Å². The van der Waals surface area contributed by atoms with Crippen molar-refractivity contribution in [3.8, 4) is 5.75 Å². The molecular formula is C11H11F3O3. The molecule has 0 saturated carbocycles. The van der Waals surface area contributed by atoms with E-state index in [9.17, 15) is 18.0 Å². The molecule has 0 spiro atoms. The largest absolute Gasteiger partial charge is 0.573 e. The molecule has 0 saturated heterocycles. The number of aryl methyl sites for hydroxylation is 1. The number of carboxylic acid groups (broad SMARTS) is 1. The van der Waals surface area contributed by atoms with E-state index in [1.807, 2.05) is 0 Å². The maximum absolute atomic E-state index is 12.1. The number of alkyl halides is 3. The maximum atomic E-state index is 12.1. The average Bonchev–Trinajstić information content (AvgIpc) is 2.17. The van der Waals surface area contributed by atoms with Gasteiger partial charge >= 0.3 is 12.3 Å². The summed E-state index contributed by atoms with van der Waals surface area (Å²) in [5, 5.41) is 8.58. The third-order valence-corrected chi connectivity index (χ3v) is 2.09. The lowest BCUT2D eigenvalue weighted by Gasteiger charge is -2.13. The molecule has 0 atom stereocenters. The fourth-order valence-electron chi connectivity index (χ4n) is 1.42. The van der Waals surface area contributed by atoms with E-state index in [0.717, 1.165) is 6.07 Å².